The van der Waals surface area contributed by atoms with E-state index in [0.717, 1.165) is 12.1 Å². The molecule has 0 spiro atoms. The van der Waals surface area contributed by atoms with Crippen LogP contribution in [0.5, 0.6) is 0 Å². The van der Waals surface area contributed by atoms with Gasteiger partial charge in [0.2, 0.25) is 5.91 Å². The van der Waals surface area contributed by atoms with Gasteiger partial charge in [0.25, 0.3) is 0 Å². The van der Waals surface area contributed by atoms with E-state index in [1.165, 1.54) is 0 Å². The van der Waals surface area contributed by atoms with E-state index < -0.39 is 0 Å². The molecule has 1 saturated heterocycles. The van der Waals surface area contributed by atoms with Crippen molar-refractivity contribution >= 4 is 5.91 Å². The molecule has 0 aliphatic carbocycles. The zero-order valence-corrected chi connectivity index (χ0v) is 7.85. The van der Waals surface area contributed by atoms with E-state index >= 15 is 0 Å². The molecule has 0 saturated carbocycles. The second-order valence-electron chi connectivity index (χ2n) is 2.57. The fourth-order valence-corrected chi connectivity index (χ4v) is 1.06. The lowest BCUT2D eigenvalue weighted by Crippen LogP contribution is -2.19. The number of allylic oxidation sites excluding steroid dienone is 1. The molecule has 1 aliphatic rings. The molecule has 1 fully saturated rings. The number of amides is 1. The standard InChI is InChI=1S/C7H11NO.C2H6/c1-5-4-6(2)8(3)7(5)9;1-2/h5H,2,4H2,1,3H3;1-2H3. The average molecular weight is 155 g/mol. The van der Waals surface area contributed by atoms with Crippen molar-refractivity contribution in [1.82, 2.24) is 4.90 Å². The van der Waals surface area contributed by atoms with Gasteiger partial charge in [-0.05, 0) is 6.42 Å². The van der Waals surface area contributed by atoms with Crippen LogP contribution < -0.4 is 0 Å². The van der Waals surface area contributed by atoms with Crippen molar-refractivity contribution in [3.8, 4) is 0 Å². The van der Waals surface area contributed by atoms with Gasteiger partial charge in [-0.3, -0.25) is 4.79 Å². The number of carbonyl (C=O) groups is 1. The van der Waals surface area contributed by atoms with Crippen molar-refractivity contribution < 1.29 is 4.79 Å². The highest BCUT2D eigenvalue weighted by atomic mass is 16.2. The maximum absolute atomic E-state index is 11.0. The molecule has 1 heterocycles. The molecule has 1 atom stereocenters. The molecule has 1 aliphatic heterocycles. The molecule has 0 aromatic heterocycles. The summed E-state index contributed by atoms with van der Waals surface area (Å²) in [7, 11) is 1.77. The molecule has 1 unspecified atom stereocenters. The number of carbonyl (C=O) groups excluding carboxylic acids is 1. The van der Waals surface area contributed by atoms with Crippen LogP contribution in [0.1, 0.15) is 27.2 Å². The summed E-state index contributed by atoms with van der Waals surface area (Å²) in [4.78, 5) is 12.6. The smallest absolute Gasteiger partial charge is 0.229 e. The molecule has 0 aromatic rings. The number of hydrogen-bond acceptors (Lipinski definition) is 1. The van der Waals surface area contributed by atoms with Crippen molar-refractivity contribution in [2.75, 3.05) is 7.05 Å². The quantitative estimate of drug-likeness (QED) is 0.524. The summed E-state index contributed by atoms with van der Waals surface area (Å²) in [5.74, 6) is 0.350. The van der Waals surface area contributed by atoms with Crippen LogP contribution in [0.25, 0.3) is 0 Å². The summed E-state index contributed by atoms with van der Waals surface area (Å²) in [5, 5.41) is 0. The maximum atomic E-state index is 11.0. The Bertz CT molecular complexity index is 163. The molecule has 0 bridgehead atoms. The third kappa shape index (κ3) is 2.07. The molecule has 0 aromatic carbocycles. The van der Waals surface area contributed by atoms with Crippen LogP contribution in [0.3, 0.4) is 0 Å². The fraction of sp³-hybridized carbons (Fsp3) is 0.667. The minimum atomic E-state index is 0.155. The van der Waals surface area contributed by atoms with Gasteiger partial charge in [0, 0.05) is 18.7 Å². The first-order valence-electron chi connectivity index (χ1n) is 4.08. The second kappa shape index (κ2) is 4.16. The topological polar surface area (TPSA) is 20.3 Å². The molecule has 2 heteroatoms. The highest BCUT2D eigenvalue weighted by molar-refractivity contribution is 5.83. The zero-order valence-electron chi connectivity index (χ0n) is 7.85. The van der Waals surface area contributed by atoms with Crippen LogP contribution in [0, 0.1) is 5.92 Å². The maximum Gasteiger partial charge on any atom is 0.229 e. The van der Waals surface area contributed by atoms with E-state index in [2.05, 4.69) is 6.58 Å². The Balaban J connectivity index is 0.000000461. The predicted molar refractivity (Wildman–Crippen MR) is 47.0 cm³/mol. The molecule has 1 amide bonds. The van der Waals surface area contributed by atoms with Crippen molar-refractivity contribution in [2.24, 2.45) is 5.92 Å². The molecular formula is C9H17NO. The Labute approximate surface area is 68.9 Å². The summed E-state index contributed by atoms with van der Waals surface area (Å²) in [6.45, 7) is 9.67. The molecule has 0 radical (unpaired) electrons. The van der Waals surface area contributed by atoms with Crippen LogP contribution in [0.4, 0.5) is 0 Å². The van der Waals surface area contributed by atoms with Gasteiger partial charge in [-0.25, -0.2) is 0 Å². The van der Waals surface area contributed by atoms with Gasteiger partial charge in [0.15, 0.2) is 0 Å². The monoisotopic (exact) mass is 155 g/mol. The minimum Gasteiger partial charge on any atom is -0.320 e. The summed E-state index contributed by atoms with van der Waals surface area (Å²) < 4.78 is 0. The van der Waals surface area contributed by atoms with Crippen LogP contribution in [0.15, 0.2) is 12.3 Å². The van der Waals surface area contributed by atoms with E-state index in [-0.39, 0.29) is 11.8 Å². The summed E-state index contributed by atoms with van der Waals surface area (Å²) in [5.41, 5.74) is 0.938. The molecular weight excluding hydrogens is 138 g/mol. The first-order chi connectivity index (χ1) is 5.13. The Kier molecular flexibility index (Phi) is 3.86. The number of hydrogen-bond donors (Lipinski definition) is 0. The van der Waals surface area contributed by atoms with Crippen molar-refractivity contribution in [1.29, 1.82) is 0 Å². The van der Waals surface area contributed by atoms with Gasteiger partial charge in [-0.15, -0.1) is 0 Å². The van der Waals surface area contributed by atoms with Crippen LogP contribution in [-0.4, -0.2) is 17.9 Å². The second-order valence-corrected chi connectivity index (χ2v) is 2.57. The third-order valence-electron chi connectivity index (χ3n) is 1.77. The Hall–Kier alpha value is -0.790. The minimum absolute atomic E-state index is 0.155. The Morgan fingerprint density at radius 2 is 2.00 bits per heavy atom. The van der Waals surface area contributed by atoms with E-state index in [0.29, 0.717) is 0 Å². The van der Waals surface area contributed by atoms with Gasteiger partial charge >= 0.3 is 0 Å². The molecule has 11 heavy (non-hydrogen) atoms. The van der Waals surface area contributed by atoms with Crippen molar-refractivity contribution in [3.05, 3.63) is 12.3 Å². The highest BCUT2D eigenvalue weighted by Crippen LogP contribution is 2.23. The molecule has 64 valence electrons. The van der Waals surface area contributed by atoms with E-state index in [1.807, 2.05) is 20.8 Å². The van der Waals surface area contributed by atoms with Gasteiger partial charge in [-0.1, -0.05) is 27.4 Å². The van der Waals surface area contributed by atoms with Crippen LogP contribution in [0.2, 0.25) is 0 Å². The predicted octanol–water partition coefficient (Wildman–Crippen LogP) is 2.02. The average Bonchev–Trinajstić information content (AvgIpc) is 2.22. The third-order valence-corrected chi connectivity index (χ3v) is 1.77. The SMILES string of the molecule is C=C1CC(C)C(=O)N1C.CC. The van der Waals surface area contributed by atoms with Gasteiger partial charge in [0.1, 0.15) is 0 Å². The van der Waals surface area contributed by atoms with Gasteiger partial charge in [0.05, 0.1) is 0 Å². The molecule has 2 nitrogen and oxygen atoms in total. The summed E-state index contributed by atoms with van der Waals surface area (Å²) in [6.07, 6.45) is 0.829. The van der Waals surface area contributed by atoms with Gasteiger partial charge < -0.3 is 4.90 Å². The lowest BCUT2D eigenvalue weighted by Gasteiger charge is -2.07. The largest absolute Gasteiger partial charge is 0.320 e. The van der Waals surface area contributed by atoms with Gasteiger partial charge in [-0.2, -0.15) is 0 Å². The zero-order chi connectivity index (χ0) is 9.02. The summed E-state index contributed by atoms with van der Waals surface area (Å²) >= 11 is 0. The fourth-order valence-electron chi connectivity index (χ4n) is 1.06. The Morgan fingerprint density at radius 1 is 1.55 bits per heavy atom. The number of rotatable bonds is 0. The normalized spacial score (nSPS) is 23.3. The van der Waals surface area contributed by atoms with Crippen LogP contribution >= 0.6 is 0 Å². The lowest BCUT2D eigenvalue weighted by molar-refractivity contribution is -0.128. The first kappa shape index (κ1) is 10.2. The Morgan fingerprint density at radius 3 is 2.09 bits per heavy atom. The molecule has 0 N–H and O–H groups in total. The first-order valence-corrected chi connectivity index (χ1v) is 4.08. The van der Waals surface area contributed by atoms with E-state index in [4.69, 9.17) is 0 Å². The van der Waals surface area contributed by atoms with Crippen molar-refractivity contribution in [3.63, 3.8) is 0 Å². The number of nitrogens with zero attached hydrogens (tertiary/aromatic N) is 1. The van der Waals surface area contributed by atoms with E-state index in [1.54, 1.807) is 11.9 Å². The highest BCUT2D eigenvalue weighted by Gasteiger charge is 2.27. The van der Waals surface area contributed by atoms with Crippen LogP contribution in [-0.2, 0) is 4.79 Å². The lowest BCUT2D eigenvalue weighted by atomic mass is 10.1. The number of likely N-dealkylation sites (tertiary alicyclic amines) is 1. The summed E-state index contributed by atoms with van der Waals surface area (Å²) in [6, 6.07) is 0. The molecule has 1 rings (SSSR count). The van der Waals surface area contributed by atoms with E-state index in [9.17, 15) is 4.79 Å². The van der Waals surface area contributed by atoms with Crippen molar-refractivity contribution in [2.45, 2.75) is 27.2 Å².